The Labute approximate surface area is 316 Å². The SMILES string of the molecule is COCCOCCOCCOCCOCCOCCOCCCCCCCCCCCCOCCOCCOCCOCCOCCOCCOC. The molecule has 0 rings (SSSR count). The summed E-state index contributed by atoms with van der Waals surface area (Å²) in [5.74, 6) is 0. The van der Waals surface area contributed by atoms with E-state index in [-0.39, 0.29) is 0 Å². The molecule has 0 aliphatic heterocycles. The molecule has 0 saturated carbocycles. The zero-order valence-corrected chi connectivity index (χ0v) is 33.2. The number of rotatable bonds is 49. The van der Waals surface area contributed by atoms with Gasteiger partial charge in [0.05, 0.1) is 159 Å². The zero-order valence-electron chi connectivity index (χ0n) is 33.2. The van der Waals surface area contributed by atoms with Gasteiger partial charge in [0.2, 0.25) is 0 Å². The lowest BCUT2D eigenvalue weighted by Gasteiger charge is -2.08. The van der Waals surface area contributed by atoms with Gasteiger partial charge in [0.15, 0.2) is 0 Å². The first-order chi connectivity index (χ1) is 25.9. The van der Waals surface area contributed by atoms with Crippen LogP contribution in [0.25, 0.3) is 0 Å². The molecule has 0 aliphatic rings. The summed E-state index contributed by atoms with van der Waals surface area (Å²) in [6, 6.07) is 0. The molecular formula is C38H78O14. The summed E-state index contributed by atoms with van der Waals surface area (Å²) in [6.07, 6.45) is 12.6. The quantitative estimate of drug-likeness (QED) is 0.0814. The van der Waals surface area contributed by atoms with Gasteiger partial charge in [0, 0.05) is 27.4 Å². The third kappa shape index (κ3) is 49.4. The maximum absolute atomic E-state index is 5.68. The Morgan fingerprint density at radius 3 is 0.462 bits per heavy atom. The van der Waals surface area contributed by atoms with Gasteiger partial charge >= 0.3 is 0 Å². The van der Waals surface area contributed by atoms with Gasteiger partial charge in [0.1, 0.15) is 0 Å². The van der Waals surface area contributed by atoms with Crippen molar-refractivity contribution in [3.63, 3.8) is 0 Å². The topological polar surface area (TPSA) is 129 Å². The second-order valence-electron chi connectivity index (χ2n) is 11.9. The molecular weight excluding hydrogens is 680 g/mol. The number of hydrogen-bond donors (Lipinski definition) is 0. The molecule has 0 fully saturated rings. The fourth-order valence-corrected chi connectivity index (χ4v) is 4.51. The number of methoxy groups -OCH3 is 2. The normalized spacial score (nSPS) is 11.7. The number of hydrogen-bond acceptors (Lipinski definition) is 14. The predicted octanol–water partition coefficient (Wildman–Crippen LogP) is 4.38. The number of unbranched alkanes of at least 4 members (excludes halogenated alkanes) is 9. The monoisotopic (exact) mass is 759 g/mol. The summed E-state index contributed by atoms with van der Waals surface area (Å²) in [5, 5.41) is 0. The van der Waals surface area contributed by atoms with E-state index in [0.29, 0.717) is 159 Å². The molecule has 0 heterocycles. The minimum atomic E-state index is 0.550. The van der Waals surface area contributed by atoms with Gasteiger partial charge in [-0.05, 0) is 12.8 Å². The van der Waals surface area contributed by atoms with Crippen LogP contribution in [0.5, 0.6) is 0 Å². The van der Waals surface area contributed by atoms with E-state index in [2.05, 4.69) is 0 Å². The maximum atomic E-state index is 5.68. The van der Waals surface area contributed by atoms with Crippen molar-refractivity contribution in [1.82, 2.24) is 0 Å². The van der Waals surface area contributed by atoms with Gasteiger partial charge in [-0.3, -0.25) is 0 Å². The Kier molecular flexibility index (Phi) is 49.9. The first-order valence-corrected chi connectivity index (χ1v) is 19.8. The Morgan fingerprint density at radius 2 is 0.288 bits per heavy atom. The minimum absolute atomic E-state index is 0.550. The van der Waals surface area contributed by atoms with Crippen LogP contribution in [-0.2, 0) is 66.3 Å². The van der Waals surface area contributed by atoms with Crippen LogP contribution >= 0.6 is 0 Å². The van der Waals surface area contributed by atoms with Crippen molar-refractivity contribution < 1.29 is 66.3 Å². The van der Waals surface area contributed by atoms with E-state index < -0.39 is 0 Å². The molecule has 314 valence electrons. The smallest absolute Gasteiger partial charge is 0.0701 e. The average molecular weight is 759 g/mol. The van der Waals surface area contributed by atoms with Gasteiger partial charge in [-0.1, -0.05) is 51.4 Å². The zero-order chi connectivity index (χ0) is 37.4. The molecule has 0 aliphatic carbocycles. The van der Waals surface area contributed by atoms with Crippen LogP contribution in [0.15, 0.2) is 0 Å². The molecule has 0 aromatic heterocycles. The first-order valence-electron chi connectivity index (χ1n) is 19.8. The minimum Gasteiger partial charge on any atom is -0.382 e. The third-order valence-corrected chi connectivity index (χ3v) is 7.41. The van der Waals surface area contributed by atoms with E-state index in [9.17, 15) is 0 Å². The van der Waals surface area contributed by atoms with E-state index in [1.54, 1.807) is 14.2 Å². The highest BCUT2D eigenvalue weighted by molar-refractivity contribution is 4.49. The molecule has 0 aromatic rings. The molecule has 0 radical (unpaired) electrons. The Bertz CT molecular complexity index is 558. The lowest BCUT2D eigenvalue weighted by Crippen LogP contribution is -2.14. The van der Waals surface area contributed by atoms with E-state index >= 15 is 0 Å². The molecule has 0 saturated heterocycles. The second-order valence-corrected chi connectivity index (χ2v) is 11.9. The molecule has 14 nitrogen and oxygen atoms in total. The van der Waals surface area contributed by atoms with Gasteiger partial charge in [-0.2, -0.15) is 0 Å². The summed E-state index contributed by atoms with van der Waals surface area (Å²) in [5.41, 5.74) is 0. The lowest BCUT2D eigenvalue weighted by molar-refractivity contribution is -0.0192. The van der Waals surface area contributed by atoms with E-state index in [4.69, 9.17) is 66.3 Å². The summed E-state index contributed by atoms with van der Waals surface area (Å²) in [6.45, 7) is 15.4. The van der Waals surface area contributed by atoms with Crippen molar-refractivity contribution in [2.45, 2.75) is 64.2 Å². The Morgan fingerprint density at radius 1 is 0.154 bits per heavy atom. The predicted molar refractivity (Wildman–Crippen MR) is 200 cm³/mol. The van der Waals surface area contributed by atoms with Crippen molar-refractivity contribution in [2.24, 2.45) is 0 Å². The third-order valence-electron chi connectivity index (χ3n) is 7.41. The molecule has 0 amide bonds. The van der Waals surface area contributed by atoms with Crippen molar-refractivity contribution in [3.8, 4) is 0 Å². The van der Waals surface area contributed by atoms with Crippen molar-refractivity contribution in [3.05, 3.63) is 0 Å². The van der Waals surface area contributed by atoms with Crippen LogP contribution < -0.4 is 0 Å². The highest BCUT2D eigenvalue weighted by atomic mass is 16.6. The standard InChI is InChI=1S/C38H78O14/c1-39-15-17-43-23-25-47-31-33-51-37-35-49-29-27-45-21-19-41-13-11-9-7-5-3-4-6-8-10-12-14-42-20-22-46-28-30-50-36-38-52-34-32-48-26-24-44-18-16-40-2/h3-38H2,1-2H3. The fourth-order valence-electron chi connectivity index (χ4n) is 4.51. The van der Waals surface area contributed by atoms with Crippen molar-refractivity contribution in [2.75, 3.05) is 186 Å². The van der Waals surface area contributed by atoms with E-state index in [1.165, 1.54) is 51.4 Å². The molecule has 52 heavy (non-hydrogen) atoms. The van der Waals surface area contributed by atoms with Crippen LogP contribution in [0.2, 0.25) is 0 Å². The van der Waals surface area contributed by atoms with Gasteiger partial charge in [-0.25, -0.2) is 0 Å². The van der Waals surface area contributed by atoms with Crippen LogP contribution in [0.1, 0.15) is 64.2 Å². The van der Waals surface area contributed by atoms with Crippen LogP contribution in [0.3, 0.4) is 0 Å². The van der Waals surface area contributed by atoms with E-state index in [0.717, 1.165) is 26.1 Å². The summed E-state index contributed by atoms with van der Waals surface area (Å²) < 4.78 is 75.7. The molecule has 14 heteroatoms. The first kappa shape index (κ1) is 51.4. The Balaban J connectivity index is 3.04. The largest absolute Gasteiger partial charge is 0.382 e. The van der Waals surface area contributed by atoms with Crippen LogP contribution in [0, 0.1) is 0 Å². The van der Waals surface area contributed by atoms with Crippen molar-refractivity contribution in [1.29, 1.82) is 0 Å². The summed E-state index contributed by atoms with van der Waals surface area (Å²) in [4.78, 5) is 0. The van der Waals surface area contributed by atoms with Gasteiger partial charge < -0.3 is 66.3 Å². The molecule has 0 bridgehead atoms. The highest BCUT2D eigenvalue weighted by Crippen LogP contribution is 2.10. The fraction of sp³-hybridized carbons (Fsp3) is 1.00. The molecule has 0 spiro atoms. The highest BCUT2D eigenvalue weighted by Gasteiger charge is 1.98. The van der Waals surface area contributed by atoms with Gasteiger partial charge in [-0.15, -0.1) is 0 Å². The molecule has 0 N–H and O–H groups in total. The number of ether oxygens (including phenoxy) is 14. The molecule has 0 aromatic carbocycles. The lowest BCUT2D eigenvalue weighted by atomic mass is 10.1. The van der Waals surface area contributed by atoms with Gasteiger partial charge in [0.25, 0.3) is 0 Å². The Hall–Kier alpha value is -0.560. The maximum Gasteiger partial charge on any atom is 0.0701 e. The molecule has 0 unspecified atom stereocenters. The average Bonchev–Trinajstić information content (AvgIpc) is 3.16. The van der Waals surface area contributed by atoms with Crippen LogP contribution in [0.4, 0.5) is 0 Å². The van der Waals surface area contributed by atoms with E-state index in [1.807, 2.05) is 0 Å². The summed E-state index contributed by atoms with van der Waals surface area (Å²) >= 11 is 0. The molecule has 0 atom stereocenters. The van der Waals surface area contributed by atoms with Crippen molar-refractivity contribution >= 4 is 0 Å². The summed E-state index contributed by atoms with van der Waals surface area (Å²) in [7, 11) is 3.31. The second kappa shape index (κ2) is 50.4. The van der Waals surface area contributed by atoms with Crippen LogP contribution in [-0.4, -0.2) is 186 Å².